The van der Waals surface area contributed by atoms with E-state index in [1.165, 1.54) is 56.3 Å². The summed E-state index contributed by atoms with van der Waals surface area (Å²) in [7, 11) is 8.23. The number of aromatic nitrogens is 4. The molecule has 0 N–H and O–H groups in total. The molecule has 0 aliphatic carbocycles. The van der Waals surface area contributed by atoms with E-state index in [4.69, 9.17) is 0 Å². The number of para-hydroxylation sites is 12. The van der Waals surface area contributed by atoms with Crippen LogP contribution in [0.5, 0.6) is 0 Å². The molecule has 2 radical (unpaired) electrons. The van der Waals surface area contributed by atoms with Crippen LogP contribution in [0.2, 0.25) is 0 Å². The second-order valence-electron chi connectivity index (χ2n) is 21.3. The van der Waals surface area contributed by atoms with Gasteiger partial charge in [0.2, 0.25) is 0 Å². The van der Waals surface area contributed by atoms with Gasteiger partial charge in [-0.15, -0.1) is 92.8 Å². The number of rotatable bonds is 4. The minimum atomic E-state index is 0. The summed E-state index contributed by atoms with van der Waals surface area (Å²) >= 11 is 0. The van der Waals surface area contributed by atoms with Crippen molar-refractivity contribution in [3.63, 3.8) is 0 Å². The van der Waals surface area contributed by atoms with Gasteiger partial charge in [-0.2, -0.15) is 148 Å². The van der Waals surface area contributed by atoms with Gasteiger partial charge in [-0.1, -0.05) is 60.7 Å². The zero-order valence-electron chi connectivity index (χ0n) is 50.9. The van der Waals surface area contributed by atoms with Gasteiger partial charge < -0.3 is 48.0 Å². The van der Waals surface area contributed by atoms with Crippen LogP contribution < -0.4 is 39.2 Å². The van der Waals surface area contributed by atoms with Gasteiger partial charge in [-0.3, -0.25) is 9.97 Å². The van der Waals surface area contributed by atoms with Crippen LogP contribution in [-0.2, 0) is 40.2 Å². The third-order valence-electron chi connectivity index (χ3n) is 15.4. The smallest absolute Gasteiger partial charge is 0.0603 e. The molecule has 0 atom stereocenters. The first-order chi connectivity index (χ1) is 44.3. The van der Waals surface area contributed by atoms with Crippen LogP contribution >= 0.6 is 0 Å². The Bertz CT molecular complexity index is 4160. The molecule has 18 rings (SSSR count). The monoisotopic (exact) mass is 1550 g/mol. The van der Waals surface area contributed by atoms with Crippen molar-refractivity contribution in [2.24, 2.45) is 0 Å². The SMILES string of the molecule is CN1[CH-]N(c2[c-]cccc2)c2ccccc21.CN1[CH-]N(c2[c-]cccc2)c2ccccc21.CN1[CH-]N(c2[c-]cccc2)c2ccccc21.CN1[CH-]N(c2[c-]cccc2)c2ccccc21.[Ir].[Ir].[c-]1cccc2ccn3ccnc3c12.[c-]1cccc2ccn3ccnc3c12. The third-order valence-corrected chi connectivity index (χ3v) is 15.4. The first-order valence-corrected chi connectivity index (χ1v) is 29.5. The van der Waals surface area contributed by atoms with E-state index in [0.29, 0.717) is 0 Å². The molecule has 10 aromatic carbocycles. The first-order valence-electron chi connectivity index (χ1n) is 29.5. The maximum atomic E-state index is 4.28. The van der Waals surface area contributed by atoms with Crippen molar-refractivity contribution in [3.8, 4) is 0 Å². The minimum absolute atomic E-state index is 0. The molecule has 0 amide bonds. The van der Waals surface area contributed by atoms with Gasteiger partial charge in [0.05, 0.1) is 11.3 Å². The van der Waals surface area contributed by atoms with Gasteiger partial charge in [-0.05, 0) is 89.1 Å². The Kier molecular flexibility index (Phi) is 20.4. The topological polar surface area (TPSA) is 60.5 Å². The molecule has 0 saturated carbocycles. The van der Waals surface area contributed by atoms with Crippen molar-refractivity contribution in [2.45, 2.75) is 0 Å². The fourth-order valence-electron chi connectivity index (χ4n) is 11.1. The van der Waals surface area contributed by atoms with Gasteiger partial charge in [0.15, 0.2) is 0 Å². The van der Waals surface area contributed by atoms with E-state index in [-0.39, 0.29) is 40.2 Å². The van der Waals surface area contributed by atoms with E-state index in [0.717, 1.165) is 44.8 Å². The number of benzene rings is 10. The summed E-state index contributed by atoms with van der Waals surface area (Å²) in [5.41, 5.74) is 15.9. The summed E-state index contributed by atoms with van der Waals surface area (Å²) in [5, 5.41) is 4.52. The normalized spacial score (nSPS) is 12.9. The Morgan fingerprint density at radius 1 is 0.272 bits per heavy atom. The molecule has 4 aromatic heterocycles. The molecule has 462 valence electrons. The molecule has 14 aromatic rings. The van der Waals surface area contributed by atoms with Crippen molar-refractivity contribution < 1.29 is 40.2 Å². The summed E-state index contributed by atoms with van der Waals surface area (Å²) in [6.45, 7) is 8.32. The van der Waals surface area contributed by atoms with Crippen LogP contribution in [0.25, 0.3) is 32.8 Å². The molecular weight excluding hydrogens is 1490 g/mol. The number of nitrogens with zero attached hydrogens (tertiary/aromatic N) is 12. The number of anilines is 12. The minimum Gasteiger partial charge on any atom is -0.504 e. The van der Waals surface area contributed by atoms with Gasteiger partial charge in [0, 0.05) is 110 Å². The summed E-state index contributed by atoms with van der Waals surface area (Å²) in [4.78, 5) is 25.6. The Balaban J connectivity index is 0.000000113. The second kappa shape index (κ2) is 29.6. The molecule has 4 aliphatic heterocycles. The quantitative estimate of drug-likeness (QED) is 0.159. The fourth-order valence-corrected chi connectivity index (χ4v) is 11.1. The van der Waals surface area contributed by atoms with Crippen LogP contribution in [0, 0.1) is 63.1 Å². The number of pyridine rings is 2. The van der Waals surface area contributed by atoms with Crippen LogP contribution in [0.4, 0.5) is 68.2 Å². The molecule has 4 aliphatic rings. The zero-order chi connectivity index (χ0) is 61.2. The Labute approximate surface area is 566 Å². The van der Waals surface area contributed by atoms with Crippen molar-refractivity contribution >= 4 is 101 Å². The Hall–Kier alpha value is -10.2. The number of imidazole rings is 2. The molecule has 14 heteroatoms. The molecule has 12 nitrogen and oxygen atoms in total. The molecule has 0 bridgehead atoms. The average Bonchev–Trinajstić information content (AvgIpc) is 1.84. The van der Waals surface area contributed by atoms with E-state index < -0.39 is 0 Å². The summed E-state index contributed by atoms with van der Waals surface area (Å²) in [6.07, 6.45) is 11.5. The maximum Gasteiger partial charge on any atom is 0.0603 e. The number of hydrogen-bond acceptors (Lipinski definition) is 10. The largest absolute Gasteiger partial charge is 0.504 e. The van der Waals surface area contributed by atoms with Crippen LogP contribution in [0.3, 0.4) is 0 Å². The van der Waals surface area contributed by atoms with Crippen LogP contribution in [-0.4, -0.2) is 47.0 Å². The molecule has 8 heterocycles. The fraction of sp³-hybridized carbons (Fsp3) is 0.0513. The maximum absolute atomic E-state index is 4.28. The van der Waals surface area contributed by atoms with Crippen molar-refractivity contribution in [2.75, 3.05) is 67.4 Å². The molecule has 0 spiro atoms. The number of fused-ring (bicyclic) bond motifs is 10. The average molecular weight is 1550 g/mol. The Morgan fingerprint density at radius 2 is 0.533 bits per heavy atom. The third kappa shape index (κ3) is 13.8. The van der Waals surface area contributed by atoms with Gasteiger partial charge in [-0.25, -0.2) is 0 Å². The van der Waals surface area contributed by atoms with Gasteiger partial charge in [0.25, 0.3) is 0 Å². The van der Waals surface area contributed by atoms with Crippen molar-refractivity contribution in [3.05, 3.63) is 343 Å². The van der Waals surface area contributed by atoms with E-state index >= 15 is 0 Å². The summed E-state index contributed by atoms with van der Waals surface area (Å²) in [5.74, 6) is 0. The van der Waals surface area contributed by atoms with Gasteiger partial charge in [0.1, 0.15) is 0 Å². The molecule has 0 unspecified atom stereocenters. The van der Waals surface area contributed by atoms with Crippen molar-refractivity contribution in [1.82, 2.24) is 18.8 Å². The summed E-state index contributed by atoms with van der Waals surface area (Å²) < 4.78 is 4.00. The predicted molar refractivity (Wildman–Crippen MR) is 369 cm³/mol. The molecule has 0 saturated heterocycles. The Morgan fingerprint density at radius 3 is 0.804 bits per heavy atom. The second-order valence-corrected chi connectivity index (χ2v) is 21.3. The summed E-state index contributed by atoms with van der Waals surface area (Å²) in [6, 6.07) is 101. The zero-order valence-corrected chi connectivity index (χ0v) is 55.7. The van der Waals surface area contributed by atoms with Crippen LogP contribution in [0.15, 0.2) is 280 Å². The van der Waals surface area contributed by atoms with Gasteiger partial charge >= 0.3 is 0 Å². The van der Waals surface area contributed by atoms with E-state index in [9.17, 15) is 0 Å². The molecule has 92 heavy (non-hydrogen) atoms. The van der Waals surface area contributed by atoms with E-state index in [1.807, 2.05) is 131 Å². The molecule has 0 fully saturated rings. The van der Waals surface area contributed by atoms with E-state index in [1.54, 1.807) is 12.4 Å². The number of hydrogen-bond donors (Lipinski definition) is 0. The van der Waals surface area contributed by atoms with Crippen molar-refractivity contribution in [1.29, 1.82) is 0 Å². The predicted octanol–water partition coefficient (Wildman–Crippen LogP) is 17.3. The van der Waals surface area contributed by atoms with Crippen LogP contribution in [0.1, 0.15) is 0 Å². The standard InChI is InChI=1S/4C14H12N2.2C11H7N2.2Ir/c4*1-15-11-16(12-7-3-2-4-8-12)14-10-6-5-9-13(14)15;2*1-2-4-10-9(3-1)5-7-13-8-6-12-11(10)13;;/h4*2-7,9-11H,1H3;2*1-3,5-8H;;/q4*-2;2*-1;;. The van der Waals surface area contributed by atoms with E-state index in [2.05, 4.69) is 286 Å². The first kappa shape index (κ1) is 63.4. The molecular formula is C78H62Ir2N12-10.